The molecule has 3 aromatic rings. The summed E-state index contributed by atoms with van der Waals surface area (Å²) in [6.45, 7) is 22.9. The van der Waals surface area contributed by atoms with Crippen molar-refractivity contribution >= 4 is 8.32 Å². The zero-order valence-electron chi connectivity index (χ0n) is 25.1. The average Bonchev–Trinajstić information content (AvgIpc) is 2.85. The van der Waals surface area contributed by atoms with Crippen LogP contribution in [0.3, 0.4) is 0 Å². The Kier molecular flexibility index (Phi) is 9.89. The van der Waals surface area contributed by atoms with Gasteiger partial charge in [0.1, 0.15) is 24.2 Å². The van der Waals surface area contributed by atoms with Gasteiger partial charge in [-0.3, -0.25) is 0 Å². The van der Waals surface area contributed by atoms with Crippen molar-refractivity contribution in [3.8, 4) is 11.5 Å². The number of hydrogen-bond donors (Lipinski definition) is 1. The van der Waals surface area contributed by atoms with Gasteiger partial charge in [-0.25, -0.2) is 0 Å². The fourth-order valence-corrected chi connectivity index (χ4v) is 11.4. The van der Waals surface area contributed by atoms with Crippen LogP contribution in [0.4, 0.5) is 0 Å². The predicted octanol–water partition coefficient (Wildman–Crippen LogP) is 9.64. The van der Waals surface area contributed by atoms with Gasteiger partial charge >= 0.3 is 0 Å². The highest BCUT2D eigenvalue weighted by Crippen LogP contribution is 2.44. The van der Waals surface area contributed by atoms with E-state index in [1.54, 1.807) is 0 Å². The molecule has 1 unspecified atom stereocenters. The van der Waals surface area contributed by atoms with E-state index < -0.39 is 14.4 Å². The third-order valence-electron chi connectivity index (χ3n) is 8.05. The minimum absolute atomic E-state index is 0.270. The van der Waals surface area contributed by atoms with Crippen molar-refractivity contribution in [2.24, 2.45) is 0 Å². The van der Waals surface area contributed by atoms with Crippen LogP contribution in [0.2, 0.25) is 16.6 Å². The average molecular weight is 533 g/mol. The lowest BCUT2D eigenvalue weighted by atomic mass is 9.90. The zero-order chi connectivity index (χ0) is 28.2. The second-order valence-corrected chi connectivity index (χ2v) is 17.4. The van der Waals surface area contributed by atoms with Gasteiger partial charge in [0.15, 0.2) is 0 Å². The fourth-order valence-electron chi connectivity index (χ4n) is 6.20. The zero-order valence-corrected chi connectivity index (χ0v) is 26.1. The van der Waals surface area contributed by atoms with E-state index >= 15 is 0 Å². The van der Waals surface area contributed by atoms with Gasteiger partial charge in [-0.05, 0) is 94.0 Å². The minimum atomic E-state index is -2.06. The molecule has 0 saturated carbocycles. The van der Waals surface area contributed by atoms with E-state index in [9.17, 15) is 5.11 Å². The Morgan fingerprint density at radius 2 is 1.29 bits per heavy atom. The number of ether oxygens (including phenoxy) is 1. The number of aliphatic hydroxyl groups excluding tert-OH is 1. The molecule has 38 heavy (non-hydrogen) atoms. The van der Waals surface area contributed by atoms with Crippen LogP contribution in [0.1, 0.15) is 101 Å². The number of aliphatic hydroxyl groups is 1. The lowest BCUT2D eigenvalue weighted by molar-refractivity contribution is 0.218. The molecule has 0 amide bonds. The highest BCUT2D eigenvalue weighted by atomic mass is 28.4. The van der Waals surface area contributed by atoms with Gasteiger partial charge in [-0.2, -0.15) is 0 Å². The predicted molar refractivity (Wildman–Crippen MR) is 163 cm³/mol. The standard InChI is InChI=1S/C34H48O3Si/c1-22(2)31-20-29(16-17-32(31)36-21-28-14-12-11-13-15-28)34(35)33-26(9)18-30(19-27(33)10)37-38(23(3)4,24(5)6)25(7)8/h11-20,22-25,34-35H,21H2,1-10H3. The van der Waals surface area contributed by atoms with Gasteiger partial charge in [0.25, 0.3) is 8.32 Å². The maximum atomic E-state index is 11.6. The van der Waals surface area contributed by atoms with Crippen molar-refractivity contribution < 1.29 is 14.3 Å². The van der Waals surface area contributed by atoms with Crippen molar-refractivity contribution in [3.63, 3.8) is 0 Å². The second kappa shape index (κ2) is 12.5. The lowest BCUT2D eigenvalue weighted by Gasteiger charge is -2.42. The van der Waals surface area contributed by atoms with E-state index in [0.717, 1.165) is 44.9 Å². The first-order valence-electron chi connectivity index (χ1n) is 14.2. The number of hydrogen-bond acceptors (Lipinski definition) is 3. The summed E-state index contributed by atoms with van der Waals surface area (Å²) in [5.41, 5.74) is 7.71. The molecule has 0 heterocycles. The Labute approximate surface area is 232 Å². The van der Waals surface area contributed by atoms with E-state index in [4.69, 9.17) is 9.16 Å². The van der Waals surface area contributed by atoms with Crippen molar-refractivity contribution in [2.45, 2.75) is 104 Å². The van der Waals surface area contributed by atoms with E-state index in [1.807, 2.05) is 30.3 Å². The molecule has 0 saturated heterocycles. The smallest absolute Gasteiger partial charge is 0.258 e. The summed E-state index contributed by atoms with van der Waals surface area (Å²) >= 11 is 0. The van der Waals surface area contributed by atoms with E-state index in [1.165, 1.54) is 0 Å². The van der Waals surface area contributed by atoms with Crippen LogP contribution in [-0.2, 0) is 6.61 Å². The molecule has 0 aromatic heterocycles. The Balaban J connectivity index is 1.91. The van der Waals surface area contributed by atoms with Crippen LogP contribution in [0.15, 0.2) is 60.7 Å². The minimum Gasteiger partial charge on any atom is -0.543 e. The van der Waals surface area contributed by atoms with Gasteiger partial charge in [-0.1, -0.05) is 91.8 Å². The van der Waals surface area contributed by atoms with Gasteiger partial charge in [0, 0.05) is 0 Å². The van der Waals surface area contributed by atoms with Crippen LogP contribution in [0.25, 0.3) is 0 Å². The maximum absolute atomic E-state index is 11.6. The third-order valence-corrected chi connectivity index (χ3v) is 14.1. The lowest BCUT2D eigenvalue weighted by Crippen LogP contribution is -2.50. The van der Waals surface area contributed by atoms with E-state index in [-0.39, 0.29) is 5.92 Å². The third kappa shape index (κ3) is 6.35. The number of aryl methyl sites for hydroxylation is 2. The normalized spacial score (nSPS) is 13.0. The molecule has 3 rings (SSSR count). The first-order valence-corrected chi connectivity index (χ1v) is 16.3. The largest absolute Gasteiger partial charge is 0.543 e. The SMILES string of the molecule is Cc1cc(O[Si](C(C)C)(C(C)C)C(C)C)cc(C)c1C(O)c1ccc(OCc2ccccc2)c(C(C)C)c1. The molecule has 3 aromatic carbocycles. The molecule has 0 aliphatic rings. The molecular weight excluding hydrogens is 484 g/mol. The fraction of sp³-hybridized carbons (Fsp3) is 0.471. The van der Waals surface area contributed by atoms with E-state index in [2.05, 4.69) is 99.6 Å². The Morgan fingerprint density at radius 3 is 1.79 bits per heavy atom. The summed E-state index contributed by atoms with van der Waals surface area (Å²) in [7, 11) is -2.06. The first-order chi connectivity index (χ1) is 17.9. The molecule has 1 N–H and O–H groups in total. The molecule has 206 valence electrons. The van der Waals surface area contributed by atoms with Crippen molar-refractivity contribution in [1.29, 1.82) is 0 Å². The summed E-state index contributed by atoms with van der Waals surface area (Å²) in [6.07, 6.45) is -0.716. The van der Waals surface area contributed by atoms with Crippen LogP contribution < -0.4 is 9.16 Å². The second-order valence-electron chi connectivity index (χ2n) is 12.0. The molecule has 0 fully saturated rings. The molecule has 1 atom stereocenters. The Hall–Kier alpha value is -2.56. The van der Waals surface area contributed by atoms with Gasteiger partial charge in [0.05, 0.1) is 0 Å². The molecule has 3 nitrogen and oxygen atoms in total. The summed E-state index contributed by atoms with van der Waals surface area (Å²) in [4.78, 5) is 0. The molecule has 0 aliphatic heterocycles. The topological polar surface area (TPSA) is 38.7 Å². The van der Waals surface area contributed by atoms with Crippen LogP contribution in [0, 0.1) is 13.8 Å². The quantitative estimate of drug-likeness (QED) is 0.250. The van der Waals surface area contributed by atoms with Crippen molar-refractivity contribution in [1.82, 2.24) is 0 Å². The number of rotatable bonds is 11. The summed E-state index contributed by atoms with van der Waals surface area (Å²) < 4.78 is 13.2. The molecule has 0 radical (unpaired) electrons. The summed E-state index contributed by atoms with van der Waals surface area (Å²) in [5, 5.41) is 11.6. The Bertz CT molecular complexity index is 1150. The number of benzene rings is 3. The van der Waals surface area contributed by atoms with Gasteiger partial charge < -0.3 is 14.3 Å². The molecule has 0 bridgehead atoms. The van der Waals surface area contributed by atoms with Crippen LogP contribution in [-0.4, -0.2) is 13.4 Å². The highest BCUT2D eigenvalue weighted by Gasteiger charge is 2.47. The van der Waals surface area contributed by atoms with Gasteiger partial charge in [-0.15, -0.1) is 0 Å². The highest BCUT2D eigenvalue weighted by molar-refractivity contribution is 6.78. The Morgan fingerprint density at radius 1 is 0.737 bits per heavy atom. The molecular formula is C34H48O3Si. The van der Waals surface area contributed by atoms with Crippen LogP contribution in [0.5, 0.6) is 11.5 Å². The first kappa shape index (κ1) is 30.0. The van der Waals surface area contributed by atoms with Crippen LogP contribution >= 0.6 is 0 Å². The summed E-state index contributed by atoms with van der Waals surface area (Å²) in [5.74, 6) is 2.08. The summed E-state index contributed by atoms with van der Waals surface area (Å²) in [6, 6.07) is 20.6. The molecule has 4 heteroatoms. The van der Waals surface area contributed by atoms with Crippen molar-refractivity contribution in [3.05, 3.63) is 94.0 Å². The maximum Gasteiger partial charge on any atom is 0.258 e. The monoisotopic (exact) mass is 532 g/mol. The van der Waals surface area contributed by atoms with E-state index in [0.29, 0.717) is 23.2 Å². The van der Waals surface area contributed by atoms with Gasteiger partial charge in [0.2, 0.25) is 0 Å². The molecule has 0 aliphatic carbocycles. The molecule has 0 spiro atoms. The van der Waals surface area contributed by atoms with Crippen molar-refractivity contribution in [2.75, 3.05) is 0 Å².